The number of primary sulfonamides is 1. The molecule has 2 aromatic rings. The molecule has 0 saturated carbocycles. The molecule has 0 heterocycles. The van der Waals surface area contributed by atoms with Crippen LogP contribution in [0.2, 0.25) is 0 Å². The molecule has 9 heteroatoms. The Labute approximate surface area is 151 Å². The van der Waals surface area contributed by atoms with Crippen LogP contribution >= 0.6 is 0 Å². The van der Waals surface area contributed by atoms with Crippen molar-refractivity contribution in [3.63, 3.8) is 0 Å². The number of hydrogen-bond donors (Lipinski definition) is 2. The second kappa shape index (κ2) is 8.97. The second-order valence-corrected chi connectivity index (χ2v) is 6.75. The third-order valence-corrected chi connectivity index (χ3v) is 4.08. The van der Waals surface area contributed by atoms with E-state index in [4.69, 9.17) is 14.6 Å². The molecule has 26 heavy (non-hydrogen) atoms. The molecule has 0 fully saturated rings. The fourth-order valence-corrected chi connectivity index (χ4v) is 2.43. The molecule has 8 nitrogen and oxygen atoms in total. The first kappa shape index (κ1) is 19.4. The molecule has 0 saturated heterocycles. The zero-order chi connectivity index (χ0) is 19.0. The van der Waals surface area contributed by atoms with Gasteiger partial charge in [-0.2, -0.15) is 0 Å². The van der Waals surface area contributed by atoms with E-state index in [0.717, 1.165) is 0 Å². The Morgan fingerprint density at radius 1 is 1.00 bits per heavy atom. The molecule has 138 valence electrons. The molecular formula is C17H18N2O6S. The van der Waals surface area contributed by atoms with E-state index in [0.29, 0.717) is 11.4 Å². The van der Waals surface area contributed by atoms with Crippen LogP contribution in [0.4, 0.5) is 5.69 Å². The molecular weight excluding hydrogens is 360 g/mol. The van der Waals surface area contributed by atoms with Crippen LogP contribution in [0.5, 0.6) is 5.75 Å². The SMILES string of the molecule is NS(=O)(=O)c1ccc(NC(=O)COC(=O)CCOc2ccccc2)cc1. The lowest BCUT2D eigenvalue weighted by Crippen LogP contribution is -2.21. The minimum absolute atomic E-state index is 0.00519. The number of esters is 1. The van der Waals surface area contributed by atoms with Gasteiger partial charge in [0.15, 0.2) is 6.61 Å². The number of sulfonamides is 1. The van der Waals surface area contributed by atoms with Gasteiger partial charge in [0.2, 0.25) is 10.0 Å². The lowest BCUT2D eigenvalue weighted by atomic mass is 10.3. The van der Waals surface area contributed by atoms with Gasteiger partial charge in [0.05, 0.1) is 17.9 Å². The molecule has 3 N–H and O–H groups in total. The van der Waals surface area contributed by atoms with Gasteiger partial charge in [-0.05, 0) is 36.4 Å². The lowest BCUT2D eigenvalue weighted by Gasteiger charge is -2.08. The Balaban J connectivity index is 1.70. The van der Waals surface area contributed by atoms with Gasteiger partial charge >= 0.3 is 5.97 Å². The van der Waals surface area contributed by atoms with Crippen molar-refractivity contribution < 1.29 is 27.5 Å². The molecule has 0 unspecified atom stereocenters. The van der Waals surface area contributed by atoms with Crippen LogP contribution in [-0.2, 0) is 24.3 Å². The van der Waals surface area contributed by atoms with E-state index in [2.05, 4.69) is 5.32 Å². The number of ether oxygens (including phenoxy) is 2. The van der Waals surface area contributed by atoms with Gasteiger partial charge in [0.1, 0.15) is 5.75 Å². The Hall–Kier alpha value is -2.91. The Kier molecular flexibility index (Phi) is 6.70. The average Bonchev–Trinajstić information content (AvgIpc) is 2.60. The molecule has 0 aliphatic rings. The number of nitrogens with one attached hydrogen (secondary N) is 1. The number of amides is 1. The summed E-state index contributed by atoms with van der Waals surface area (Å²) in [5.41, 5.74) is 0.353. The maximum Gasteiger partial charge on any atom is 0.309 e. The largest absolute Gasteiger partial charge is 0.493 e. The molecule has 1 amide bonds. The Morgan fingerprint density at radius 2 is 1.65 bits per heavy atom. The minimum atomic E-state index is -3.79. The minimum Gasteiger partial charge on any atom is -0.493 e. The van der Waals surface area contributed by atoms with Gasteiger partial charge in [0.25, 0.3) is 5.91 Å². The first-order valence-electron chi connectivity index (χ1n) is 7.61. The van der Waals surface area contributed by atoms with Crippen LogP contribution in [0.3, 0.4) is 0 Å². The molecule has 0 aliphatic carbocycles. The zero-order valence-corrected chi connectivity index (χ0v) is 14.6. The van der Waals surface area contributed by atoms with Crippen molar-refractivity contribution in [2.45, 2.75) is 11.3 Å². The summed E-state index contributed by atoms with van der Waals surface area (Å²) in [4.78, 5) is 23.2. The molecule has 0 bridgehead atoms. The van der Waals surface area contributed by atoms with Crippen LogP contribution in [0.1, 0.15) is 6.42 Å². The normalized spacial score (nSPS) is 10.8. The molecule has 0 aromatic heterocycles. The van der Waals surface area contributed by atoms with Crippen LogP contribution in [0.25, 0.3) is 0 Å². The van der Waals surface area contributed by atoms with Gasteiger partial charge in [-0.3, -0.25) is 9.59 Å². The van der Waals surface area contributed by atoms with Crippen LogP contribution < -0.4 is 15.2 Å². The highest BCUT2D eigenvalue weighted by molar-refractivity contribution is 7.89. The predicted octanol–water partition coefficient (Wildman–Crippen LogP) is 1.28. The van der Waals surface area contributed by atoms with Gasteiger partial charge in [-0.15, -0.1) is 0 Å². The molecule has 0 aliphatic heterocycles. The molecule has 0 atom stereocenters. The summed E-state index contributed by atoms with van der Waals surface area (Å²) in [6.07, 6.45) is 0.00519. The fourth-order valence-electron chi connectivity index (χ4n) is 1.91. The number of carbonyl (C=O) groups excluding carboxylic acids is 2. The van der Waals surface area contributed by atoms with Gasteiger partial charge in [-0.1, -0.05) is 18.2 Å². The van der Waals surface area contributed by atoms with E-state index >= 15 is 0 Å². The molecule has 0 spiro atoms. The summed E-state index contributed by atoms with van der Waals surface area (Å²) >= 11 is 0. The fraction of sp³-hybridized carbons (Fsp3) is 0.176. The maximum absolute atomic E-state index is 11.7. The van der Waals surface area contributed by atoms with Crippen molar-refractivity contribution in [3.8, 4) is 5.75 Å². The van der Waals surface area contributed by atoms with E-state index in [1.807, 2.05) is 18.2 Å². The number of nitrogens with two attached hydrogens (primary N) is 1. The Morgan fingerprint density at radius 3 is 2.27 bits per heavy atom. The number of anilines is 1. The third-order valence-electron chi connectivity index (χ3n) is 3.15. The van der Waals surface area contributed by atoms with E-state index < -0.39 is 28.5 Å². The van der Waals surface area contributed by atoms with E-state index in [-0.39, 0.29) is 17.9 Å². The van der Waals surface area contributed by atoms with Crippen LogP contribution in [-0.4, -0.2) is 33.5 Å². The smallest absolute Gasteiger partial charge is 0.309 e. The van der Waals surface area contributed by atoms with Gasteiger partial charge in [-0.25, -0.2) is 13.6 Å². The maximum atomic E-state index is 11.7. The van der Waals surface area contributed by atoms with Gasteiger partial charge < -0.3 is 14.8 Å². The van der Waals surface area contributed by atoms with Crippen molar-refractivity contribution in [3.05, 3.63) is 54.6 Å². The summed E-state index contributed by atoms with van der Waals surface area (Å²) in [6.45, 7) is -0.319. The number of rotatable bonds is 8. The Bertz CT molecular complexity index is 851. The first-order valence-corrected chi connectivity index (χ1v) is 9.15. The monoisotopic (exact) mass is 378 g/mol. The van der Waals surface area contributed by atoms with E-state index in [9.17, 15) is 18.0 Å². The van der Waals surface area contributed by atoms with Crippen LogP contribution in [0, 0.1) is 0 Å². The lowest BCUT2D eigenvalue weighted by molar-refractivity contribution is -0.147. The number of para-hydroxylation sites is 1. The third kappa shape index (κ3) is 6.54. The topological polar surface area (TPSA) is 125 Å². The van der Waals surface area contributed by atoms with Crippen molar-refractivity contribution in [2.75, 3.05) is 18.5 Å². The summed E-state index contributed by atoms with van der Waals surface area (Å²) < 4.78 is 32.5. The highest BCUT2D eigenvalue weighted by Crippen LogP contribution is 2.12. The molecule has 0 radical (unpaired) electrons. The quantitative estimate of drug-likeness (QED) is 0.667. The van der Waals surface area contributed by atoms with Crippen molar-refractivity contribution in [2.24, 2.45) is 5.14 Å². The van der Waals surface area contributed by atoms with E-state index in [1.165, 1.54) is 24.3 Å². The standard InChI is InChI=1S/C17H18N2O6S/c18-26(22,23)15-8-6-13(7-9-15)19-16(20)12-25-17(21)10-11-24-14-4-2-1-3-5-14/h1-9H,10-12H2,(H,19,20)(H2,18,22,23). The van der Waals surface area contributed by atoms with Crippen LogP contribution in [0.15, 0.2) is 59.5 Å². The number of benzene rings is 2. The van der Waals surface area contributed by atoms with E-state index in [1.54, 1.807) is 12.1 Å². The number of hydrogen-bond acceptors (Lipinski definition) is 6. The summed E-state index contributed by atoms with van der Waals surface area (Å²) in [6, 6.07) is 14.3. The van der Waals surface area contributed by atoms with Gasteiger partial charge in [0, 0.05) is 5.69 Å². The van der Waals surface area contributed by atoms with Crippen molar-refractivity contribution in [1.82, 2.24) is 0 Å². The molecule has 2 rings (SSSR count). The average molecular weight is 378 g/mol. The highest BCUT2D eigenvalue weighted by Gasteiger charge is 2.10. The first-order chi connectivity index (χ1) is 12.3. The zero-order valence-electron chi connectivity index (χ0n) is 13.8. The summed E-state index contributed by atoms with van der Waals surface area (Å²) in [5, 5.41) is 7.46. The molecule has 2 aromatic carbocycles. The summed E-state index contributed by atoms with van der Waals surface area (Å²) in [5.74, 6) is -0.479. The highest BCUT2D eigenvalue weighted by atomic mass is 32.2. The van der Waals surface area contributed by atoms with Crippen molar-refractivity contribution >= 4 is 27.6 Å². The van der Waals surface area contributed by atoms with Crippen molar-refractivity contribution in [1.29, 1.82) is 0 Å². The summed E-state index contributed by atoms with van der Waals surface area (Å²) in [7, 11) is -3.79. The number of carbonyl (C=O) groups is 2. The predicted molar refractivity (Wildman–Crippen MR) is 94.0 cm³/mol. The second-order valence-electron chi connectivity index (χ2n) is 5.19.